The van der Waals surface area contributed by atoms with Gasteiger partial charge in [-0.15, -0.1) is 0 Å². The van der Waals surface area contributed by atoms with Gasteiger partial charge in [-0.2, -0.15) is 0 Å². The largest absolute Gasteiger partial charge is 0.337 e. The molecule has 0 saturated carbocycles. The quantitative estimate of drug-likeness (QED) is 0.905. The van der Waals surface area contributed by atoms with Crippen LogP contribution in [-0.4, -0.2) is 33.3 Å². The molecule has 0 fully saturated rings. The van der Waals surface area contributed by atoms with E-state index in [0.29, 0.717) is 6.54 Å². The van der Waals surface area contributed by atoms with Gasteiger partial charge in [-0.25, -0.2) is 13.2 Å². The third kappa shape index (κ3) is 3.94. The number of rotatable bonds is 5. The molecule has 0 bridgehead atoms. The molecule has 126 valence electrons. The Morgan fingerprint density at radius 3 is 2.54 bits per heavy atom. The molecular weight excluding hydrogens is 324 g/mol. The monoisotopic (exact) mass is 344 g/mol. The van der Waals surface area contributed by atoms with Crippen molar-refractivity contribution in [2.45, 2.75) is 12.2 Å². The molecule has 5 nitrogen and oxygen atoms in total. The number of sulfone groups is 1. The molecule has 0 radical (unpaired) electrons. The Morgan fingerprint density at radius 1 is 1.04 bits per heavy atom. The van der Waals surface area contributed by atoms with Crippen LogP contribution < -0.4 is 10.2 Å². The van der Waals surface area contributed by atoms with E-state index in [1.54, 1.807) is 17.0 Å². The predicted octanol–water partition coefficient (Wildman–Crippen LogP) is 2.37. The summed E-state index contributed by atoms with van der Waals surface area (Å²) in [6, 6.07) is 16.6. The van der Waals surface area contributed by atoms with Crippen molar-refractivity contribution >= 4 is 21.6 Å². The highest BCUT2D eigenvalue weighted by atomic mass is 32.2. The third-order valence-corrected chi connectivity index (χ3v) is 5.65. The molecule has 24 heavy (non-hydrogen) atoms. The number of fused-ring (bicyclic) bond motifs is 1. The van der Waals surface area contributed by atoms with Crippen molar-refractivity contribution in [3.05, 3.63) is 65.7 Å². The van der Waals surface area contributed by atoms with Crippen LogP contribution in [-0.2, 0) is 22.0 Å². The van der Waals surface area contributed by atoms with Crippen molar-refractivity contribution in [2.24, 2.45) is 0 Å². The first kappa shape index (κ1) is 16.5. The second-order valence-electron chi connectivity index (χ2n) is 5.84. The summed E-state index contributed by atoms with van der Waals surface area (Å²) in [5, 5.41) is 2.72. The van der Waals surface area contributed by atoms with Crippen LogP contribution in [0.2, 0.25) is 0 Å². The first-order chi connectivity index (χ1) is 11.6. The third-order valence-electron chi connectivity index (χ3n) is 4.05. The molecule has 1 heterocycles. The number of para-hydroxylation sites is 1. The number of urea groups is 1. The minimum absolute atomic E-state index is 0.00371. The van der Waals surface area contributed by atoms with E-state index in [4.69, 9.17) is 0 Å². The lowest BCUT2D eigenvalue weighted by atomic mass is 10.2. The van der Waals surface area contributed by atoms with Crippen molar-refractivity contribution in [1.82, 2.24) is 5.32 Å². The van der Waals surface area contributed by atoms with Crippen molar-refractivity contribution in [2.75, 3.05) is 23.7 Å². The molecule has 0 aliphatic carbocycles. The van der Waals surface area contributed by atoms with Gasteiger partial charge in [-0.1, -0.05) is 48.5 Å². The number of amides is 2. The second kappa shape index (κ2) is 7.05. The Bertz CT molecular complexity index is 819. The highest BCUT2D eigenvalue weighted by Gasteiger charge is 2.24. The highest BCUT2D eigenvalue weighted by molar-refractivity contribution is 7.90. The zero-order chi connectivity index (χ0) is 17.0. The van der Waals surface area contributed by atoms with Crippen molar-refractivity contribution < 1.29 is 13.2 Å². The lowest BCUT2D eigenvalue weighted by Gasteiger charge is -2.18. The number of hydrogen-bond donors (Lipinski definition) is 1. The molecule has 2 aromatic rings. The van der Waals surface area contributed by atoms with Gasteiger partial charge in [0.1, 0.15) is 0 Å². The number of nitrogens with zero attached hydrogens (tertiary/aromatic N) is 1. The van der Waals surface area contributed by atoms with Gasteiger partial charge in [0, 0.05) is 18.8 Å². The summed E-state index contributed by atoms with van der Waals surface area (Å²) in [6.07, 6.45) is 0.829. The molecule has 0 unspecified atom stereocenters. The Morgan fingerprint density at radius 2 is 1.75 bits per heavy atom. The summed E-state index contributed by atoms with van der Waals surface area (Å²) in [5.74, 6) is -0.0701. The topological polar surface area (TPSA) is 66.5 Å². The number of anilines is 1. The SMILES string of the molecule is O=C(NCCS(=O)(=O)Cc1ccccc1)N1CCc2ccccc21. The zero-order valence-corrected chi connectivity index (χ0v) is 14.1. The molecule has 0 aromatic heterocycles. The van der Waals surface area contributed by atoms with Gasteiger partial charge in [0.25, 0.3) is 0 Å². The van der Waals surface area contributed by atoms with Crippen LogP contribution in [0.4, 0.5) is 10.5 Å². The Labute approximate surface area is 142 Å². The predicted molar refractivity (Wildman–Crippen MR) is 94.8 cm³/mol. The molecule has 3 rings (SSSR count). The number of benzene rings is 2. The summed E-state index contributed by atoms with van der Waals surface area (Å²) in [6.45, 7) is 0.745. The molecule has 6 heteroatoms. The fourth-order valence-electron chi connectivity index (χ4n) is 2.86. The smallest absolute Gasteiger partial charge is 0.321 e. The van der Waals surface area contributed by atoms with E-state index < -0.39 is 9.84 Å². The van der Waals surface area contributed by atoms with Gasteiger partial charge in [0.2, 0.25) is 0 Å². The highest BCUT2D eigenvalue weighted by Crippen LogP contribution is 2.27. The number of carbonyl (C=O) groups is 1. The van der Waals surface area contributed by atoms with E-state index >= 15 is 0 Å². The van der Waals surface area contributed by atoms with Crippen LogP contribution in [0.5, 0.6) is 0 Å². The van der Waals surface area contributed by atoms with Crippen LogP contribution in [0.25, 0.3) is 0 Å². The second-order valence-corrected chi connectivity index (χ2v) is 8.02. The van der Waals surface area contributed by atoms with Gasteiger partial charge in [0.05, 0.1) is 11.5 Å². The van der Waals surface area contributed by atoms with Gasteiger partial charge >= 0.3 is 6.03 Å². The summed E-state index contributed by atoms with van der Waals surface area (Å²) in [7, 11) is -3.25. The summed E-state index contributed by atoms with van der Waals surface area (Å²) in [4.78, 5) is 13.9. The van der Waals surface area contributed by atoms with Crippen molar-refractivity contribution in [3.63, 3.8) is 0 Å². The molecular formula is C18H20N2O3S. The summed E-state index contributed by atoms with van der Waals surface area (Å²) < 4.78 is 24.3. The maximum Gasteiger partial charge on any atom is 0.321 e. The fraction of sp³-hybridized carbons (Fsp3) is 0.278. The fourth-order valence-corrected chi connectivity index (χ4v) is 4.12. The molecule has 2 amide bonds. The normalized spacial score (nSPS) is 13.6. The molecule has 1 aliphatic rings. The lowest BCUT2D eigenvalue weighted by Crippen LogP contribution is -2.41. The molecule has 0 saturated heterocycles. The van der Waals surface area contributed by atoms with Gasteiger partial charge in [-0.05, 0) is 23.6 Å². The number of hydrogen-bond acceptors (Lipinski definition) is 3. The summed E-state index contributed by atoms with van der Waals surface area (Å²) in [5.41, 5.74) is 2.81. The van der Waals surface area contributed by atoms with Gasteiger partial charge < -0.3 is 5.32 Å². The van der Waals surface area contributed by atoms with E-state index in [2.05, 4.69) is 5.32 Å². The van der Waals surface area contributed by atoms with E-state index in [1.165, 1.54) is 0 Å². The maximum absolute atomic E-state index is 12.3. The van der Waals surface area contributed by atoms with Crippen LogP contribution in [0.15, 0.2) is 54.6 Å². The van der Waals surface area contributed by atoms with Crippen molar-refractivity contribution in [1.29, 1.82) is 0 Å². The van der Waals surface area contributed by atoms with Crippen molar-refractivity contribution in [3.8, 4) is 0 Å². The van der Waals surface area contributed by atoms with Crippen LogP contribution in [0.3, 0.4) is 0 Å². The average molecular weight is 344 g/mol. The van der Waals surface area contributed by atoms with Crippen LogP contribution >= 0.6 is 0 Å². The van der Waals surface area contributed by atoms with E-state index in [0.717, 1.165) is 23.2 Å². The molecule has 0 spiro atoms. The van der Waals surface area contributed by atoms with E-state index in [-0.39, 0.29) is 24.1 Å². The number of carbonyl (C=O) groups excluding carboxylic acids is 1. The first-order valence-corrected chi connectivity index (χ1v) is 9.75. The van der Waals surface area contributed by atoms with E-state index in [1.807, 2.05) is 42.5 Å². The first-order valence-electron chi connectivity index (χ1n) is 7.93. The lowest BCUT2D eigenvalue weighted by molar-refractivity contribution is 0.247. The average Bonchev–Trinajstić information content (AvgIpc) is 2.99. The minimum Gasteiger partial charge on any atom is -0.337 e. The molecule has 0 atom stereocenters. The Kier molecular flexibility index (Phi) is 4.85. The maximum atomic E-state index is 12.3. The molecule has 1 N–H and O–H groups in total. The van der Waals surface area contributed by atoms with Crippen LogP contribution in [0, 0.1) is 0 Å². The van der Waals surface area contributed by atoms with Gasteiger partial charge in [0.15, 0.2) is 9.84 Å². The minimum atomic E-state index is -3.25. The molecule has 2 aromatic carbocycles. The Balaban J connectivity index is 1.52. The van der Waals surface area contributed by atoms with E-state index in [9.17, 15) is 13.2 Å². The van der Waals surface area contributed by atoms with Crippen LogP contribution in [0.1, 0.15) is 11.1 Å². The standard InChI is InChI=1S/C18H20N2O3S/c21-18(20-12-10-16-8-4-5-9-17(16)20)19-11-13-24(22,23)14-15-6-2-1-3-7-15/h1-9H,10-14H2,(H,19,21). The Hall–Kier alpha value is -2.34. The zero-order valence-electron chi connectivity index (χ0n) is 13.3. The summed E-state index contributed by atoms with van der Waals surface area (Å²) >= 11 is 0. The number of nitrogens with one attached hydrogen (secondary N) is 1. The molecule has 1 aliphatic heterocycles. The van der Waals surface area contributed by atoms with Gasteiger partial charge in [-0.3, -0.25) is 4.90 Å².